The molecule has 1 fully saturated rings. The second-order valence-electron chi connectivity index (χ2n) is 6.60. The molecule has 1 aromatic carbocycles. The molecule has 0 aromatic heterocycles. The molecule has 2 unspecified atom stereocenters. The van der Waals surface area contributed by atoms with Gasteiger partial charge in [0.2, 0.25) is 0 Å². The molecule has 1 aromatic rings. The normalized spacial score (nSPS) is 23.4. The van der Waals surface area contributed by atoms with E-state index in [2.05, 4.69) is 31.0 Å². The average Bonchev–Trinajstić information content (AvgIpc) is 2.47. The molecule has 0 spiro atoms. The minimum Gasteiger partial charge on any atom is -0.494 e. The van der Waals surface area contributed by atoms with Crippen LogP contribution in [-0.4, -0.2) is 43.2 Å². The fourth-order valence-corrected chi connectivity index (χ4v) is 3.06. The van der Waals surface area contributed by atoms with Gasteiger partial charge in [-0.25, -0.2) is 0 Å². The summed E-state index contributed by atoms with van der Waals surface area (Å²) in [6.07, 6.45) is 2.37. The van der Waals surface area contributed by atoms with Gasteiger partial charge in [0.1, 0.15) is 5.75 Å². The van der Waals surface area contributed by atoms with Crippen LogP contribution in [0.2, 0.25) is 0 Å². The summed E-state index contributed by atoms with van der Waals surface area (Å²) >= 11 is 0. The molecular weight excluding hydrogens is 260 g/mol. The van der Waals surface area contributed by atoms with Crippen LogP contribution in [-0.2, 0) is 0 Å². The standard InChI is InChI=1S/C18H30N2O/c1-15(2)12-17-13-19-16(3)14-20(17)10-7-11-21-18-8-5-4-6-9-18/h4-6,8-9,15-17,19H,7,10-14H2,1-3H3. The summed E-state index contributed by atoms with van der Waals surface area (Å²) in [5.74, 6) is 1.73. The third-order valence-corrected chi connectivity index (χ3v) is 4.07. The highest BCUT2D eigenvalue weighted by Crippen LogP contribution is 2.16. The number of para-hydroxylation sites is 1. The fourth-order valence-electron chi connectivity index (χ4n) is 3.06. The number of piperazine rings is 1. The summed E-state index contributed by atoms with van der Waals surface area (Å²) in [6.45, 7) is 11.1. The largest absolute Gasteiger partial charge is 0.494 e. The first-order valence-corrected chi connectivity index (χ1v) is 8.30. The molecule has 1 aliphatic rings. The molecule has 3 nitrogen and oxygen atoms in total. The Morgan fingerprint density at radius 3 is 2.76 bits per heavy atom. The smallest absolute Gasteiger partial charge is 0.119 e. The molecule has 0 amide bonds. The third-order valence-electron chi connectivity index (χ3n) is 4.07. The van der Waals surface area contributed by atoms with Crippen LogP contribution >= 0.6 is 0 Å². The number of benzene rings is 1. The SMILES string of the molecule is CC(C)CC1CNC(C)CN1CCCOc1ccccc1. The Balaban J connectivity index is 1.73. The Hall–Kier alpha value is -1.06. The summed E-state index contributed by atoms with van der Waals surface area (Å²) < 4.78 is 5.80. The van der Waals surface area contributed by atoms with Crippen molar-refractivity contribution in [2.45, 2.75) is 45.7 Å². The van der Waals surface area contributed by atoms with Gasteiger partial charge in [-0.1, -0.05) is 32.0 Å². The number of nitrogens with zero attached hydrogens (tertiary/aromatic N) is 1. The van der Waals surface area contributed by atoms with Crippen LogP contribution < -0.4 is 10.1 Å². The van der Waals surface area contributed by atoms with E-state index in [1.54, 1.807) is 0 Å². The quantitative estimate of drug-likeness (QED) is 0.781. The Morgan fingerprint density at radius 2 is 2.05 bits per heavy atom. The maximum atomic E-state index is 5.80. The van der Waals surface area contributed by atoms with Crippen molar-refractivity contribution in [2.24, 2.45) is 5.92 Å². The molecule has 118 valence electrons. The Bertz CT molecular complexity index is 393. The monoisotopic (exact) mass is 290 g/mol. The van der Waals surface area contributed by atoms with E-state index in [9.17, 15) is 0 Å². The molecule has 2 rings (SSSR count). The van der Waals surface area contributed by atoms with Gasteiger partial charge in [-0.15, -0.1) is 0 Å². The van der Waals surface area contributed by atoms with Crippen LogP contribution in [0.25, 0.3) is 0 Å². The van der Waals surface area contributed by atoms with Gasteiger partial charge in [-0.05, 0) is 37.8 Å². The maximum absolute atomic E-state index is 5.80. The van der Waals surface area contributed by atoms with Crippen molar-refractivity contribution in [3.8, 4) is 5.75 Å². The second-order valence-corrected chi connectivity index (χ2v) is 6.60. The van der Waals surface area contributed by atoms with Gasteiger partial charge in [0.05, 0.1) is 6.61 Å². The zero-order valence-corrected chi connectivity index (χ0v) is 13.7. The van der Waals surface area contributed by atoms with E-state index in [0.717, 1.165) is 44.3 Å². The zero-order valence-electron chi connectivity index (χ0n) is 13.7. The lowest BCUT2D eigenvalue weighted by atomic mass is 9.99. The zero-order chi connectivity index (χ0) is 15.1. The first kappa shape index (κ1) is 16.3. The first-order valence-electron chi connectivity index (χ1n) is 8.30. The van der Waals surface area contributed by atoms with Crippen LogP contribution in [0.4, 0.5) is 0 Å². The molecule has 1 saturated heterocycles. The predicted molar refractivity (Wildman–Crippen MR) is 88.8 cm³/mol. The Kier molecular flexibility index (Phi) is 6.52. The lowest BCUT2D eigenvalue weighted by molar-refractivity contribution is 0.111. The van der Waals surface area contributed by atoms with Crippen molar-refractivity contribution in [1.29, 1.82) is 0 Å². The van der Waals surface area contributed by atoms with Crippen LogP contribution in [0.5, 0.6) is 5.75 Å². The lowest BCUT2D eigenvalue weighted by Gasteiger charge is -2.40. The topological polar surface area (TPSA) is 24.5 Å². The first-order chi connectivity index (χ1) is 10.1. The van der Waals surface area contributed by atoms with Gasteiger partial charge in [0.15, 0.2) is 0 Å². The van der Waals surface area contributed by atoms with Gasteiger partial charge >= 0.3 is 0 Å². The van der Waals surface area contributed by atoms with E-state index in [1.807, 2.05) is 30.3 Å². The van der Waals surface area contributed by atoms with Crippen molar-refractivity contribution >= 4 is 0 Å². The van der Waals surface area contributed by atoms with Gasteiger partial charge in [-0.2, -0.15) is 0 Å². The molecular formula is C18H30N2O. The number of hydrogen-bond acceptors (Lipinski definition) is 3. The Morgan fingerprint density at radius 1 is 1.29 bits per heavy atom. The average molecular weight is 290 g/mol. The summed E-state index contributed by atoms with van der Waals surface area (Å²) in [6, 6.07) is 11.4. The highest BCUT2D eigenvalue weighted by atomic mass is 16.5. The van der Waals surface area contributed by atoms with Gasteiger partial charge in [0.25, 0.3) is 0 Å². The van der Waals surface area contributed by atoms with Crippen molar-refractivity contribution < 1.29 is 4.74 Å². The minimum absolute atomic E-state index is 0.600. The van der Waals surface area contributed by atoms with E-state index in [-0.39, 0.29) is 0 Å². The molecule has 0 radical (unpaired) electrons. The van der Waals surface area contributed by atoms with Gasteiger partial charge < -0.3 is 10.1 Å². The molecule has 21 heavy (non-hydrogen) atoms. The van der Waals surface area contributed by atoms with E-state index >= 15 is 0 Å². The van der Waals surface area contributed by atoms with Crippen molar-refractivity contribution in [3.05, 3.63) is 30.3 Å². The van der Waals surface area contributed by atoms with Crippen molar-refractivity contribution in [3.63, 3.8) is 0 Å². The molecule has 2 atom stereocenters. The number of nitrogens with one attached hydrogen (secondary N) is 1. The molecule has 1 heterocycles. The second kappa shape index (κ2) is 8.40. The minimum atomic E-state index is 0.600. The predicted octanol–water partition coefficient (Wildman–Crippen LogP) is 3.16. The highest BCUT2D eigenvalue weighted by Gasteiger charge is 2.25. The number of ether oxygens (including phenoxy) is 1. The number of hydrogen-bond donors (Lipinski definition) is 1. The summed E-state index contributed by atoms with van der Waals surface area (Å²) in [5.41, 5.74) is 0. The van der Waals surface area contributed by atoms with Crippen LogP contribution in [0, 0.1) is 5.92 Å². The number of rotatable bonds is 7. The van der Waals surface area contributed by atoms with Gasteiger partial charge in [0, 0.05) is 31.7 Å². The Labute approximate surface area is 129 Å². The summed E-state index contributed by atoms with van der Waals surface area (Å²) in [5, 5.41) is 3.61. The van der Waals surface area contributed by atoms with Crippen molar-refractivity contribution in [1.82, 2.24) is 10.2 Å². The molecule has 1 N–H and O–H groups in total. The van der Waals surface area contributed by atoms with E-state index in [4.69, 9.17) is 4.74 Å². The van der Waals surface area contributed by atoms with E-state index in [1.165, 1.54) is 6.42 Å². The van der Waals surface area contributed by atoms with Gasteiger partial charge in [-0.3, -0.25) is 4.90 Å². The molecule has 0 bridgehead atoms. The van der Waals surface area contributed by atoms with E-state index < -0.39 is 0 Å². The van der Waals surface area contributed by atoms with Crippen LogP contribution in [0.1, 0.15) is 33.6 Å². The summed E-state index contributed by atoms with van der Waals surface area (Å²) in [4.78, 5) is 2.65. The third kappa shape index (κ3) is 5.68. The highest BCUT2D eigenvalue weighted by molar-refractivity contribution is 5.20. The van der Waals surface area contributed by atoms with Crippen LogP contribution in [0.3, 0.4) is 0 Å². The lowest BCUT2D eigenvalue weighted by Crippen LogP contribution is -2.56. The molecule has 1 aliphatic heterocycles. The maximum Gasteiger partial charge on any atom is 0.119 e. The molecule has 3 heteroatoms. The van der Waals surface area contributed by atoms with E-state index in [0.29, 0.717) is 12.1 Å². The fraction of sp³-hybridized carbons (Fsp3) is 0.667. The molecule has 0 saturated carbocycles. The van der Waals surface area contributed by atoms with Crippen LogP contribution in [0.15, 0.2) is 30.3 Å². The summed E-state index contributed by atoms with van der Waals surface area (Å²) in [7, 11) is 0. The molecule has 0 aliphatic carbocycles. The van der Waals surface area contributed by atoms with Crippen molar-refractivity contribution in [2.75, 3.05) is 26.2 Å².